The van der Waals surface area contributed by atoms with Crippen LogP contribution in [0.4, 0.5) is 5.69 Å². The van der Waals surface area contributed by atoms with Gasteiger partial charge in [-0.15, -0.1) is 0 Å². The van der Waals surface area contributed by atoms with Gasteiger partial charge in [-0.25, -0.2) is 8.42 Å². The van der Waals surface area contributed by atoms with Gasteiger partial charge in [-0.3, -0.25) is 0 Å². The number of benzene rings is 1. The molecule has 0 radical (unpaired) electrons. The maximum Gasteiger partial charge on any atom is 0.175 e. The molecule has 2 rings (SSSR count). The number of ether oxygens (including phenoxy) is 1. The molecule has 1 aliphatic heterocycles. The Kier molecular flexibility index (Phi) is 4.94. The first kappa shape index (κ1) is 16.3. The predicted molar refractivity (Wildman–Crippen MR) is 85.5 cm³/mol. The molecule has 0 spiro atoms. The SMILES string of the molecule is CCC1(CC)CC(Nc2ccc(S(C)(=O)=O)cc2)CCO1. The zero-order valence-electron chi connectivity index (χ0n) is 13.1. The summed E-state index contributed by atoms with van der Waals surface area (Å²) < 4.78 is 28.9. The highest BCUT2D eigenvalue weighted by Crippen LogP contribution is 2.32. The van der Waals surface area contributed by atoms with Crippen LogP contribution in [0.2, 0.25) is 0 Å². The molecule has 0 amide bonds. The van der Waals surface area contributed by atoms with Gasteiger partial charge in [-0.05, 0) is 49.9 Å². The molecular formula is C16H25NO3S. The Balaban J connectivity index is 2.05. The first-order valence-corrected chi connectivity index (χ1v) is 9.48. The molecule has 1 atom stereocenters. The topological polar surface area (TPSA) is 55.4 Å². The molecule has 0 aromatic heterocycles. The summed E-state index contributed by atoms with van der Waals surface area (Å²) in [4.78, 5) is 0.358. The van der Waals surface area contributed by atoms with Crippen molar-refractivity contribution in [2.24, 2.45) is 0 Å². The van der Waals surface area contributed by atoms with E-state index < -0.39 is 9.84 Å². The van der Waals surface area contributed by atoms with Crippen LogP contribution in [0.15, 0.2) is 29.2 Å². The molecule has 5 heteroatoms. The lowest BCUT2D eigenvalue weighted by Crippen LogP contribution is -2.43. The standard InChI is InChI=1S/C16H25NO3S/c1-4-16(5-2)12-14(10-11-20-16)17-13-6-8-15(9-7-13)21(3,18)19/h6-9,14,17H,4-5,10-12H2,1-3H3. The van der Waals surface area contributed by atoms with Crippen LogP contribution in [0, 0.1) is 0 Å². The van der Waals surface area contributed by atoms with E-state index in [1.807, 2.05) is 12.1 Å². The number of nitrogens with one attached hydrogen (secondary N) is 1. The van der Waals surface area contributed by atoms with E-state index in [2.05, 4.69) is 19.2 Å². The van der Waals surface area contributed by atoms with Gasteiger partial charge in [0, 0.05) is 24.6 Å². The summed E-state index contributed by atoms with van der Waals surface area (Å²) in [6.07, 6.45) is 5.25. The van der Waals surface area contributed by atoms with Gasteiger partial charge >= 0.3 is 0 Å². The summed E-state index contributed by atoms with van der Waals surface area (Å²) in [5.41, 5.74) is 0.957. The average Bonchev–Trinajstić information content (AvgIpc) is 2.47. The average molecular weight is 311 g/mol. The highest BCUT2D eigenvalue weighted by molar-refractivity contribution is 7.90. The molecule has 4 nitrogen and oxygen atoms in total. The van der Waals surface area contributed by atoms with Crippen molar-refractivity contribution in [2.45, 2.75) is 56.1 Å². The van der Waals surface area contributed by atoms with Crippen molar-refractivity contribution in [3.05, 3.63) is 24.3 Å². The van der Waals surface area contributed by atoms with E-state index >= 15 is 0 Å². The summed E-state index contributed by atoms with van der Waals surface area (Å²) in [6.45, 7) is 5.13. The minimum absolute atomic E-state index is 0.0113. The second kappa shape index (κ2) is 6.36. The van der Waals surface area contributed by atoms with E-state index in [9.17, 15) is 8.42 Å². The third-order valence-corrected chi connectivity index (χ3v) is 5.56. The summed E-state index contributed by atoms with van der Waals surface area (Å²) in [5, 5.41) is 3.51. The van der Waals surface area contributed by atoms with Crippen LogP contribution in [-0.4, -0.2) is 32.9 Å². The molecule has 1 fully saturated rings. The molecule has 0 saturated carbocycles. The molecule has 21 heavy (non-hydrogen) atoms. The van der Waals surface area contributed by atoms with Crippen molar-refractivity contribution in [1.29, 1.82) is 0 Å². The van der Waals surface area contributed by atoms with Gasteiger partial charge in [0.2, 0.25) is 0 Å². The molecule has 1 aliphatic rings. The third kappa shape index (κ3) is 3.98. The van der Waals surface area contributed by atoms with Crippen LogP contribution in [0.5, 0.6) is 0 Å². The number of rotatable bonds is 5. The Morgan fingerprint density at radius 3 is 2.38 bits per heavy atom. The fourth-order valence-electron chi connectivity index (χ4n) is 2.93. The molecule has 1 aromatic carbocycles. The smallest absolute Gasteiger partial charge is 0.175 e. The lowest BCUT2D eigenvalue weighted by Gasteiger charge is -2.40. The molecule has 0 bridgehead atoms. The van der Waals surface area contributed by atoms with E-state index in [0.717, 1.165) is 38.0 Å². The number of sulfone groups is 1. The first-order valence-electron chi connectivity index (χ1n) is 7.59. The first-order chi connectivity index (χ1) is 9.88. The van der Waals surface area contributed by atoms with E-state index in [0.29, 0.717) is 10.9 Å². The van der Waals surface area contributed by atoms with E-state index in [1.165, 1.54) is 6.26 Å². The third-order valence-electron chi connectivity index (χ3n) is 4.43. The Hall–Kier alpha value is -1.07. The van der Waals surface area contributed by atoms with Gasteiger partial charge in [-0.2, -0.15) is 0 Å². The van der Waals surface area contributed by atoms with Gasteiger partial charge in [0.25, 0.3) is 0 Å². The Labute approximate surface area is 127 Å². The van der Waals surface area contributed by atoms with Crippen molar-refractivity contribution < 1.29 is 13.2 Å². The Morgan fingerprint density at radius 2 is 1.86 bits per heavy atom. The molecular weight excluding hydrogens is 286 g/mol. The second-order valence-corrected chi connectivity index (χ2v) is 7.88. The molecule has 1 aromatic rings. The normalized spacial score (nSPS) is 22.0. The number of hydrogen-bond acceptors (Lipinski definition) is 4. The highest BCUT2D eigenvalue weighted by Gasteiger charge is 2.34. The molecule has 118 valence electrons. The van der Waals surface area contributed by atoms with Gasteiger partial charge < -0.3 is 10.1 Å². The van der Waals surface area contributed by atoms with Crippen molar-refractivity contribution in [3.8, 4) is 0 Å². The van der Waals surface area contributed by atoms with Gasteiger partial charge in [0.05, 0.1) is 10.5 Å². The van der Waals surface area contributed by atoms with Gasteiger partial charge in [-0.1, -0.05) is 13.8 Å². The lowest BCUT2D eigenvalue weighted by molar-refractivity contribution is -0.0864. The van der Waals surface area contributed by atoms with Crippen LogP contribution in [0.25, 0.3) is 0 Å². The van der Waals surface area contributed by atoms with E-state index in [-0.39, 0.29) is 5.60 Å². The molecule has 1 saturated heterocycles. The Morgan fingerprint density at radius 1 is 1.24 bits per heavy atom. The maximum absolute atomic E-state index is 11.5. The summed E-state index contributed by atoms with van der Waals surface area (Å²) in [6, 6.07) is 7.37. The quantitative estimate of drug-likeness (QED) is 0.907. The number of hydrogen-bond donors (Lipinski definition) is 1. The molecule has 1 unspecified atom stereocenters. The van der Waals surface area contributed by atoms with Crippen LogP contribution >= 0.6 is 0 Å². The zero-order chi connectivity index (χ0) is 15.5. The van der Waals surface area contributed by atoms with Crippen LogP contribution < -0.4 is 5.32 Å². The monoisotopic (exact) mass is 311 g/mol. The van der Waals surface area contributed by atoms with Crippen molar-refractivity contribution >= 4 is 15.5 Å². The highest BCUT2D eigenvalue weighted by atomic mass is 32.2. The summed E-state index contributed by atoms with van der Waals surface area (Å²) in [7, 11) is -3.13. The molecule has 1 N–H and O–H groups in total. The van der Waals surface area contributed by atoms with Crippen LogP contribution in [0.3, 0.4) is 0 Å². The fourth-order valence-corrected chi connectivity index (χ4v) is 3.56. The van der Waals surface area contributed by atoms with E-state index in [1.54, 1.807) is 12.1 Å². The fraction of sp³-hybridized carbons (Fsp3) is 0.625. The minimum Gasteiger partial charge on any atom is -0.382 e. The lowest BCUT2D eigenvalue weighted by atomic mass is 9.86. The van der Waals surface area contributed by atoms with Crippen LogP contribution in [0.1, 0.15) is 39.5 Å². The van der Waals surface area contributed by atoms with Crippen LogP contribution in [-0.2, 0) is 14.6 Å². The predicted octanol–water partition coefficient (Wildman–Crippen LogP) is 3.24. The summed E-state index contributed by atoms with van der Waals surface area (Å²) in [5.74, 6) is 0. The molecule has 0 aliphatic carbocycles. The largest absolute Gasteiger partial charge is 0.382 e. The Bertz CT molecular complexity index is 562. The van der Waals surface area contributed by atoms with Crippen molar-refractivity contribution in [2.75, 3.05) is 18.2 Å². The second-order valence-electron chi connectivity index (χ2n) is 5.87. The molecule has 1 heterocycles. The van der Waals surface area contributed by atoms with E-state index in [4.69, 9.17) is 4.74 Å². The van der Waals surface area contributed by atoms with Gasteiger partial charge in [0.15, 0.2) is 9.84 Å². The summed E-state index contributed by atoms with van der Waals surface area (Å²) >= 11 is 0. The van der Waals surface area contributed by atoms with Gasteiger partial charge in [0.1, 0.15) is 0 Å². The minimum atomic E-state index is -3.13. The maximum atomic E-state index is 11.5. The van der Waals surface area contributed by atoms with Crippen molar-refractivity contribution in [3.63, 3.8) is 0 Å². The zero-order valence-corrected chi connectivity index (χ0v) is 13.9. The number of anilines is 1. The van der Waals surface area contributed by atoms with Crippen molar-refractivity contribution in [1.82, 2.24) is 0 Å².